The molecule has 1 rings (SSSR count). The Morgan fingerprint density at radius 3 is 2.88 bits per heavy atom. The SMILES string of the molecule is CCOCCCC(=O)N(C)C1CCCC1CN. The van der Waals surface area contributed by atoms with Crippen molar-refractivity contribution in [2.75, 3.05) is 26.8 Å². The van der Waals surface area contributed by atoms with Crippen LogP contribution in [0.1, 0.15) is 39.0 Å². The van der Waals surface area contributed by atoms with Crippen LogP contribution in [0.25, 0.3) is 0 Å². The van der Waals surface area contributed by atoms with E-state index in [9.17, 15) is 4.79 Å². The van der Waals surface area contributed by atoms with E-state index in [1.165, 1.54) is 6.42 Å². The molecule has 0 aromatic carbocycles. The number of hydrogen-bond acceptors (Lipinski definition) is 3. The third-order valence-electron chi connectivity index (χ3n) is 3.70. The standard InChI is InChI=1S/C13H26N2O2/c1-3-17-9-5-8-13(16)15(2)12-7-4-6-11(12)10-14/h11-12H,3-10,14H2,1-2H3. The highest BCUT2D eigenvalue weighted by atomic mass is 16.5. The summed E-state index contributed by atoms with van der Waals surface area (Å²) in [6.45, 7) is 4.07. The van der Waals surface area contributed by atoms with Gasteiger partial charge in [-0.1, -0.05) is 6.42 Å². The van der Waals surface area contributed by atoms with E-state index in [4.69, 9.17) is 10.5 Å². The third-order valence-corrected chi connectivity index (χ3v) is 3.70. The first-order chi connectivity index (χ1) is 8.20. The molecule has 0 aliphatic heterocycles. The fourth-order valence-electron chi connectivity index (χ4n) is 2.63. The minimum Gasteiger partial charge on any atom is -0.382 e. The van der Waals surface area contributed by atoms with E-state index in [2.05, 4.69) is 0 Å². The van der Waals surface area contributed by atoms with Crippen LogP contribution in [-0.2, 0) is 9.53 Å². The Hall–Kier alpha value is -0.610. The molecule has 1 aliphatic rings. The zero-order valence-electron chi connectivity index (χ0n) is 11.2. The number of nitrogens with two attached hydrogens (primary N) is 1. The molecule has 0 heterocycles. The molecule has 2 unspecified atom stereocenters. The van der Waals surface area contributed by atoms with E-state index < -0.39 is 0 Å². The van der Waals surface area contributed by atoms with Gasteiger partial charge in [-0.25, -0.2) is 0 Å². The van der Waals surface area contributed by atoms with Gasteiger partial charge in [-0.2, -0.15) is 0 Å². The van der Waals surface area contributed by atoms with Crippen molar-refractivity contribution in [3.63, 3.8) is 0 Å². The van der Waals surface area contributed by atoms with Crippen LogP contribution in [0.15, 0.2) is 0 Å². The Kier molecular flexibility index (Phi) is 6.52. The maximum Gasteiger partial charge on any atom is 0.222 e. The number of carbonyl (C=O) groups is 1. The lowest BCUT2D eigenvalue weighted by molar-refractivity contribution is -0.132. The molecule has 1 amide bonds. The van der Waals surface area contributed by atoms with Crippen LogP contribution >= 0.6 is 0 Å². The second-order valence-electron chi connectivity index (χ2n) is 4.80. The summed E-state index contributed by atoms with van der Waals surface area (Å²) in [5.74, 6) is 0.728. The highest BCUT2D eigenvalue weighted by Gasteiger charge is 2.31. The number of rotatable bonds is 7. The molecule has 100 valence electrons. The second kappa shape index (κ2) is 7.67. The summed E-state index contributed by atoms with van der Waals surface area (Å²) in [5.41, 5.74) is 5.74. The Labute approximate surface area is 104 Å². The van der Waals surface area contributed by atoms with Gasteiger partial charge < -0.3 is 15.4 Å². The Balaban J connectivity index is 2.30. The van der Waals surface area contributed by atoms with Gasteiger partial charge in [-0.15, -0.1) is 0 Å². The summed E-state index contributed by atoms with van der Waals surface area (Å²) in [5, 5.41) is 0. The van der Waals surface area contributed by atoms with Gasteiger partial charge in [0.1, 0.15) is 0 Å². The number of carbonyl (C=O) groups excluding carboxylic acids is 1. The average molecular weight is 242 g/mol. The monoisotopic (exact) mass is 242 g/mol. The molecule has 1 saturated carbocycles. The van der Waals surface area contributed by atoms with E-state index in [1.807, 2.05) is 18.9 Å². The van der Waals surface area contributed by atoms with Crippen molar-refractivity contribution < 1.29 is 9.53 Å². The van der Waals surface area contributed by atoms with Crippen molar-refractivity contribution in [3.05, 3.63) is 0 Å². The first-order valence-corrected chi connectivity index (χ1v) is 6.74. The Morgan fingerprint density at radius 1 is 1.47 bits per heavy atom. The fourth-order valence-corrected chi connectivity index (χ4v) is 2.63. The smallest absolute Gasteiger partial charge is 0.222 e. The predicted molar refractivity (Wildman–Crippen MR) is 68.7 cm³/mol. The zero-order valence-corrected chi connectivity index (χ0v) is 11.2. The number of amides is 1. The van der Waals surface area contributed by atoms with Gasteiger partial charge in [0.15, 0.2) is 0 Å². The van der Waals surface area contributed by atoms with Crippen molar-refractivity contribution in [3.8, 4) is 0 Å². The molecule has 2 N–H and O–H groups in total. The normalized spacial score (nSPS) is 23.9. The summed E-state index contributed by atoms with van der Waals surface area (Å²) in [6.07, 6.45) is 4.87. The predicted octanol–water partition coefficient (Wildman–Crippen LogP) is 1.39. The van der Waals surface area contributed by atoms with Crippen LogP contribution in [0.4, 0.5) is 0 Å². The van der Waals surface area contributed by atoms with Crippen LogP contribution in [0.5, 0.6) is 0 Å². The molecule has 17 heavy (non-hydrogen) atoms. The van der Waals surface area contributed by atoms with Gasteiger partial charge in [0, 0.05) is 32.7 Å². The van der Waals surface area contributed by atoms with Crippen LogP contribution in [0, 0.1) is 5.92 Å². The molecular weight excluding hydrogens is 216 g/mol. The zero-order chi connectivity index (χ0) is 12.7. The molecule has 0 bridgehead atoms. The molecule has 0 aromatic rings. The van der Waals surface area contributed by atoms with Gasteiger partial charge >= 0.3 is 0 Å². The summed E-state index contributed by atoms with van der Waals surface area (Å²) in [4.78, 5) is 13.9. The second-order valence-corrected chi connectivity index (χ2v) is 4.80. The summed E-state index contributed by atoms with van der Waals surface area (Å²) in [7, 11) is 1.92. The van der Waals surface area contributed by atoms with E-state index >= 15 is 0 Å². The minimum absolute atomic E-state index is 0.232. The van der Waals surface area contributed by atoms with Gasteiger partial charge in [-0.05, 0) is 38.6 Å². The molecule has 1 fully saturated rings. The summed E-state index contributed by atoms with van der Waals surface area (Å²) < 4.78 is 5.24. The maximum atomic E-state index is 12.0. The average Bonchev–Trinajstić information content (AvgIpc) is 2.81. The van der Waals surface area contributed by atoms with Crippen molar-refractivity contribution in [1.82, 2.24) is 4.90 Å². The first kappa shape index (κ1) is 14.5. The lowest BCUT2D eigenvalue weighted by Gasteiger charge is -2.29. The topological polar surface area (TPSA) is 55.6 Å². The molecule has 2 atom stereocenters. The van der Waals surface area contributed by atoms with E-state index in [0.717, 1.165) is 25.9 Å². The van der Waals surface area contributed by atoms with Gasteiger partial charge in [0.25, 0.3) is 0 Å². The maximum absolute atomic E-state index is 12.0. The van der Waals surface area contributed by atoms with Crippen LogP contribution in [0.2, 0.25) is 0 Å². The van der Waals surface area contributed by atoms with Gasteiger partial charge in [-0.3, -0.25) is 4.79 Å². The minimum atomic E-state index is 0.232. The molecule has 0 aromatic heterocycles. The molecule has 0 radical (unpaired) electrons. The molecule has 4 nitrogen and oxygen atoms in total. The van der Waals surface area contributed by atoms with Crippen LogP contribution < -0.4 is 5.73 Å². The van der Waals surface area contributed by atoms with Crippen LogP contribution in [-0.4, -0.2) is 43.7 Å². The first-order valence-electron chi connectivity index (χ1n) is 6.74. The number of ether oxygens (including phenoxy) is 1. The molecule has 1 aliphatic carbocycles. The van der Waals surface area contributed by atoms with E-state index in [-0.39, 0.29) is 5.91 Å². The lowest BCUT2D eigenvalue weighted by Crippen LogP contribution is -2.41. The van der Waals surface area contributed by atoms with Crippen molar-refractivity contribution >= 4 is 5.91 Å². The van der Waals surface area contributed by atoms with Gasteiger partial charge in [0.2, 0.25) is 5.91 Å². The Bertz CT molecular complexity index is 233. The lowest BCUT2D eigenvalue weighted by atomic mass is 10.0. The summed E-state index contributed by atoms with van der Waals surface area (Å²) in [6, 6.07) is 0.361. The molecule has 0 saturated heterocycles. The van der Waals surface area contributed by atoms with Crippen molar-refractivity contribution in [2.24, 2.45) is 11.7 Å². The molecular formula is C13H26N2O2. The molecule has 0 spiro atoms. The van der Waals surface area contributed by atoms with Crippen molar-refractivity contribution in [1.29, 1.82) is 0 Å². The van der Waals surface area contributed by atoms with E-state index in [0.29, 0.717) is 31.5 Å². The largest absolute Gasteiger partial charge is 0.382 e. The van der Waals surface area contributed by atoms with Crippen molar-refractivity contribution in [2.45, 2.75) is 45.1 Å². The van der Waals surface area contributed by atoms with Gasteiger partial charge in [0.05, 0.1) is 0 Å². The molecule has 4 heteroatoms. The summed E-state index contributed by atoms with van der Waals surface area (Å²) >= 11 is 0. The van der Waals surface area contributed by atoms with E-state index in [1.54, 1.807) is 0 Å². The highest BCUT2D eigenvalue weighted by Crippen LogP contribution is 2.28. The fraction of sp³-hybridized carbons (Fsp3) is 0.923. The number of nitrogens with zero attached hydrogens (tertiary/aromatic N) is 1. The third kappa shape index (κ3) is 4.28. The number of hydrogen-bond donors (Lipinski definition) is 1. The highest BCUT2D eigenvalue weighted by molar-refractivity contribution is 5.76. The van der Waals surface area contributed by atoms with Crippen LogP contribution in [0.3, 0.4) is 0 Å². The Morgan fingerprint density at radius 2 is 2.24 bits per heavy atom. The quantitative estimate of drug-likeness (QED) is 0.686.